The fourth-order valence-corrected chi connectivity index (χ4v) is 3.57. The minimum Gasteiger partial charge on any atom is -0.497 e. The Kier molecular flexibility index (Phi) is 7.20. The number of aromatic nitrogens is 2. The first-order valence-electron chi connectivity index (χ1n) is 11.1. The second-order valence-corrected chi connectivity index (χ2v) is 7.98. The molecule has 3 N–H and O–H groups in total. The van der Waals surface area contributed by atoms with Gasteiger partial charge in [0.2, 0.25) is 0 Å². The van der Waals surface area contributed by atoms with Crippen LogP contribution in [0.2, 0.25) is 0 Å². The predicted octanol–water partition coefficient (Wildman–Crippen LogP) is 3.98. The summed E-state index contributed by atoms with van der Waals surface area (Å²) in [4.78, 5) is 24.6. The zero-order chi connectivity index (χ0) is 25.7. The highest BCUT2D eigenvalue weighted by molar-refractivity contribution is 6.08. The molecule has 0 fully saturated rings. The number of hydrogen-bond donors (Lipinski definition) is 2. The molecular formula is C27H26N4O5. The minimum atomic E-state index is -0.627. The lowest BCUT2D eigenvalue weighted by atomic mass is 10.1. The molecule has 36 heavy (non-hydrogen) atoms. The molecule has 4 rings (SSSR count). The summed E-state index contributed by atoms with van der Waals surface area (Å²) < 4.78 is 17.7. The Bertz CT molecular complexity index is 1400. The van der Waals surface area contributed by atoms with E-state index in [0.29, 0.717) is 28.4 Å². The molecule has 1 aromatic heterocycles. The quantitative estimate of drug-likeness (QED) is 0.370. The summed E-state index contributed by atoms with van der Waals surface area (Å²) in [6.45, 7) is 1.68. The third-order valence-corrected chi connectivity index (χ3v) is 5.39. The highest BCUT2D eigenvalue weighted by Crippen LogP contribution is 2.32. The van der Waals surface area contributed by atoms with Crippen LogP contribution >= 0.6 is 0 Å². The number of nitrogens with zero attached hydrogens (tertiary/aromatic N) is 2. The molecule has 2 amide bonds. The van der Waals surface area contributed by atoms with E-state index in [1.54, 1.807) is 36.2 Å². The molecule has 0 unspecified atom stereocenters. The van der Waals surface area contributed by atoms with Gasteiger partial charge in [-0.15, -0.1) is 0 Å². The average molecular weight is 487 g/mol. The normalized spacial score (nSPS) is 10.5. The summed E-state index contributed by atoms with van der Waals surface area (Å²) in [6, 6.07) is 20.0. The van der Waals surface area contributed by atoms with Crippen molar-refractivity contribution in [2.75, 3.05) is 26.1 Å². The van der Waals surface area contributed by atoms with Gasteiger partial charge in [0.1, 0.15) is 11.4 Å². The van der Waals surface area contributed by atoms with Crippen molar-refractivity contribution >= 4 is 17.5 Å². The lowest BCUT2D eigenvalue weighted by Gasteiger charge is -2.12. The second kappa shape index (κ2) is 10.6. The van der Waals surface area contributed by atoms with Crippen molar-refractivity contribution in [2.24, 2.45) is 5.73 Å². The van der Waals surface area contributed by atoms with Gasteiger partial charge >= 0.3 is 0 Å². The molecule has 0 aliphatic rings. The van der Waals surface area contributed by atoms with Crippen molar-refractivity contribution in [2.45, 2.75) is 6.92 Å². The van der Waals surface area contributed by atoms with E-state index in [1.807, 2.05) is 55.5 Å². The number of nitrogens with one attached hydrogen (secondary N) is 1. The Morgan fingerprint density at radius 2 is 1.75 bits per heavy atom. The molecule has 0 saturated heterocycles. The van der Waals surface area contributed by atoms with Gasteiger partial charge in [0, 0.05) is 23.5 Å². The standard InChI is InChI=1S/C27H26N4O5/c1-17-7-10-20(11-8-17)31-15-22(26(30-31)18-5-4-6-21(13-18)34-2)27(33)29-19-9-12-23(35-3)24(14-19)36-16-25(28)32/h4-15H,16H2,1-3H3,(H2,28,32)(H,29,33). The van der Waals surface area contributed by atoms with Gasteiger partial charge < -0.3 is 25.3 Å². The third kappa shape index (κ3) is 5.47. The molecule has 0 bridgehead atoms. The number of ether oxygens (including phenoxy) is 3. The molecule has 0 aliphatic heterocycles. The van der Waals surface area contributed by atoms with E-state index in [0.717, 1.165) is 16.8 Å². The van der Waals surface area contributed by atoms with Gasteiger partial charge in [0.15, 0.2) is 18.1 Å². The van der Waals surface area contributed by atoms with Gasteiger partial charge in [0.25, 0.3) is 11.8 Å². The number of carbonyl (C=O) groups excluding carboxylic acids is 2. The molecular weight excluding hydrogens is 460 g/mol. The number of carbonyl (C=O) groups is 2. The molecule has 0 radical (unpaired) electrons. The summed E-state index contributed by atoms with van der Waals surface area (Å²) in [5, 5.41) is 7.59. The number of hydrogen-bond acceptors (Lipinski definition) is 6. The van der Waals surface area contributed by atoms with Gasteiger partial charge in [0.05, 0.1) is 25.5 Å². The van der Waals surface area contributed by atoms with Crippen molar-refractivity contribution in [3.63, 3.8) is 0 Å². The van der Waals surface area contributed by atoms with Crippen LogP contribution in [-0.2, 0) is 4.79 Å². The van der Waals surface area contributed by atoms with Crippen molar-refractivity contribution in [1.82, 2.24) is 9.78 Å². The van der Waals surface area contributed by atoms with Crippen LogP contribution in [0.25, 0.3) is 16.9 Å². The number of nitrogens with two attached hydrogens (primary N) is 1. The van der Waals surface area contributed by atoms with E-state index in [9.17, 15) is 9.59 Å². The van der Waals surface area contributed by atoms with Crippen molar-refractivity contribution in [3.8, 4) is 34.2 Å². The zero-order valence-corrected chi connectivity index (χ0v) is 20.1. The first-order valence-corrected chi connectivity index (χ1v) is 11.1. The summed E-state index contributed by atoms with van der Waals surface area (Å²) >= 11 is 0. The summed E-state index contributed by atoms with van der Waals surface area (Å²) in [6.07, 6.45) is 1.68. The lowest BCUT2D eigenvalue weighted by Crippen LogP contribution is -2.20. The number of benzene rings is 3. The number of methoxy groups -OCH3 is 2. The van der Waals surface area contributed by atoms with Crippen LogP contribution in [0.5, 0.6) is 17.2 Å². The predicted molar refractivity (Wildman–Crippen MR) is 136 cm³/mol. The largest absolute Gasteiger partial charge is 0.497 e. The van der Waals surface area contributed by atoms with Gasteiger partial charge in [-0.3, -0.25) is 9.59 Å². The first kappa shape index (κ1) is 24.3. The maximum absolute atomic E-state index is 13.5. The maximum Gasteiger partial charge on any atom is 0.259 e. The maximum atomic E-state index is 13.5. The molecule has 3 aromatic carbocycles. The van der Waals surface area contributed by atoms with Crippen LogP contribution < -0.4 is 25.3 Å². The molecule has 0 atom stereocenters. The Labute approximate surface area is 208 Å². The topological polar surface area (TPSA) is 118 Å². The Morgan fingerprint density at radius 1 is 0.972 bits per heavy atom. The van der Waals surface area contributed by atoms with E-state index >= 15 is 0 Å². The highest BCUT2D eigenvalue weighted by atomic mass is 16.5. The van der Waals surface area contributed by atoms with Gasteiger partial charge in [-0.2, -0.15) is 5.10 Å². The summed E-state index contributed by atoms with van der Waals surface area (Å²) in [7, 11) is 3.06. The number of amides is 2. The van der Waals surface area contributed by atoms with E-state index in [1.165, 1.54) is 7.11 Å². The van der Waals surface area contributed by atoms with Gasteiger partial charge in [-0.25, -0.2) is 4.68 Å². The van der Waals surface area contributed by atoms with E-state index in [-0.39, 0.29) is 18.3 Å². The summed E-state index contributed by atoms with van der Waals surface area (Å²) in [5.41, 5.74) is 9.14. The van der Waals surface area contributed by atoms with Crippen molar-refractivity contribution in [1.29, 1.82) is 0 Å². The molecule has 9 nitrogen and oxygen atoms in total. The number of aryl methyl sites for hydroxylation is 1. The van der Waals surface area contributed by atoms with Crippen LogP contribution in [0.4, 0.5) is 5.69 Å². The molecule has 0 spiro atoms. The number of rotatable bonds is 9. The Balaban J connectivity index is 1.71. The van der Waals surface area contributed by atoms with Crippen LogP contribution in [0.3, 0.4) is 0 Å². The van der Waals surface area contributed by atoms with Crippen molar-refractivity contribution in [3.05, 3.63) is 84.1 Å². The van der Waals surface area contributed by atoms with Crippen molar-refractivity contribution < 1.29 is 23.8 Å². The minimum absolute atomic E-state index is 0.275. The van der Waals surface area contributed by atoms with Crippen LogP contribution in [0, 0.1) is 6.92 Å². The fraction of sp³-hybridized carbons (Fsp3) is 0.148. The monoisotopic (exact) mass is 486 g/mol. The molecule has 0 saturated carbocycles. The number of anilines is 1. The van der Waals surface area contributed by atoms with Crippen LogP contribution in [-0.4, -0.2) is 42.4 Å². The average Bonchev–Trinajstić information content (AvgIpc) is 3.34. The van der Waals surface area contributed by atoms with Crippen LogP contribution in [0.15, 0.2) is 72.9 Å². The second-order valence-electron chi connectivity index (χ2n) is 7.98. The Morgan fingerprint density at radius 3 is 2.44 bits per heavy atom. The molecule has 9 heteroatoms. The SMILES string of the molecule is COc1cccc(-c2nn(-c3ccc(C)cc3)cc2C(=O)Nc2ccc(OC)c(OCC(N)=O)c2)c1. The Hall–Kier alpha value is -4.79. The van der Waals surface area contributed by atoms with E-state index in [2.05, 4.69) is 5.32 Å². The lowest BCUT2D eigenvalue weighted by molar-refractivity contribution is -0.119. The van der Waals surface area contributed by atoms with Crippen LogP contribution in [0.1, 0.15) is 15.9 Å². The number of primary amides is 1. The summed E-state index contributed by atoms with van der Waals surface area (Å²) in [5.74, 6) is 0.321. The highest BCUT2D eigenvalue weighted by Gasteiger charge is 2.20. The molecule has 1 heterocycles. The zero-order valence-electron chi connectivity index (χ0n) is 20.1. The third-order valence-electron chi connectivity index (χ3n) is 5.39. The van der Waals surface area contributed by atoms with Gasteiger partial charge in [-0.05, 0) is 43.3 Å². The molecule has 0 aliphatic carbocycles. The molecule has 184 valence electrons. The van der Waals surface area contributed by atoms with Gasteiger partial charge in [-0.1, -0.05) is 29.8 Å². The fourth-order valence-electron chi connectivity index (χ4n) is 3.57. The first-order chi connectivity index (χ1) is 17.4. The smallest absolute Gasteiger partial charge is 0.259 e. The molecule has 4 aromatic rings. The van der Waals surface area contributed by atoms with E-state index < -0.39 is 5.91 Å². The van der Waals surface area contributed by atoms with E-state index in [4.69, 9.17) is 25.0 Å².